The van der Waals surface area contributed by atoms with Crippen LogP contribution in [-0.4, -0.2) is 11.3 Å². The molecule has 0 unspecified atom stereocenters. The van der Waals surface area contributed by atoms with Crippen LogP contribution in [0.2, 0.25) is 0 Å². The molecule has 0 amide bonds. The van der Waals surface area contributed by atoms with Gasteiger partial charge in [0.05, 0.1) is 10.0 Å². The maximum atomic E-state index is 13.1. The van der Waals surface area contributed by atoms with Gasteiger partial charge in [-0.3, -0.25) is 0 Å². The van der Waals surface area contributed by atoms with Crippen LogP contribution >= 0.6 is 28.3 Å². The van der Waals surface area contributed by atoms with Crippen LogP contribution in [-0.2, 0) is 0 Å². The summed E-state index contributed by atoms with van der Waals surface area (Å²) in [6.07, 6.45) is -4.81. The zero-order valence-corrected chi connectivity index (χ0v) is 9.96. The second kappa shape index (κ2) is 5.20. The Morgan fingerprint density at radius 2 is 1.81 bits per heavy atom. The fraction of sp³-hybridized carbons (Fsp3) is 0.250. The molecular formula is C8H7BrClF4NO. The van der Waals surface area contributed by atoms with E-state index in [1.54, 1.807) is 0 Å². The van der Waals surface area contributed by atoms with Gasteiger partial charge in [-0.2, -0.15) is 13.2 Å². The quantitative estimate of drug-likeness (QED) is 0.779. The van der Waals surface area contributed by atoms with Crippen LogP contribution in [0.15, 0.2) is 16.6 Å². The molecule has 0 aliphatic rings. The van der Waals surface area contributed by atoms with Crippen LogP contribution < -0.4 is 5.73 Å². The van der Waals surface area contributed by atoms with E-state index >= 15 is 0 Å². The van der Waals surface area contributed by atoms with Crippen LogP contribution in [0.1, 0.15) is 11.6 Å². The van der Waals surface area contributed by atoms with Gasteiger partial charge >= 0.3 is 6.18 Å². The van der Waals surface area contributed by atoms with E-state index in [2.05, 4.69) is 15.9 Å². The largest absolute Gasteiger partial charge is 0.506 e. The van der Waals surface area contributed by atoms with Crippen molar-refractivity contribution in [1.29, 1.82) is 0 Å². The van der Waals surface area contributed by atoms with Crippen LogP contribution in [0.5, 0.6) is 5.75 Å². The first-order valence-electron chi connectivity index (χ1n) is 3.74. The van der Waals surface area contributed by atoms with Crippen molar-refractivity contribution in [2.75, 3.05) is 0 Å². The van der Waals surface area contributed by atoms with E-state index in [-0.39, 0.29) is 16.9 Å². The molecule has 0 saturated carbocycles. The van der Waals surface area contributed by atoms with Crippen LogP contribution in [0, 0.1) is 5.82 Å². The van der Waals surface area contributed by atoms with E-state index in [4.69, 9.17) is 5.73 Å². The summed E-state index contributed by atoms with van der Waals surface area (Å²) < 4.78 is 49.6. The molecule has 0 radical (unpaired) electrons. The highest BCUT2D eigenvalue weighted by Crippen LogP contribution is 2.39. The maximum absolute atomic E-state index is 13.1. The Morgan fingerprint density at radius 1 is 1.31 bits per heavy atom. The van der Waals surface area contributed by atoms with Gasteiger partial charge in [0, 0.05) is 0 Å². The Balaban J connectivity index is 0.00000225. The number of alkyl halides is 3. The number of nitrogens with two attached hydrogens (primary N) is 1. The first-order valence-corrected chi connectivity index (χ1v) is 4.53. The van der Waals surface area contributed by atoms with E-state index in [0.717, 1.165) is 12.1 Å². The Hall–Kier alpha value is -0.530. The number of aromatic hydroxyl groups is 1. The van der Waals surface area contributed by atoms with Crippen LogP contribution in [0.4, 0.5) is 17.6 Å². The van der Waals surface area contributed by atoms with E-state index in [1.165, 1.54) is 0 Å². The standard InChI is InChI=1S/C8H6BrF4NO.ClH/c9-3-1-2-4(10)5(6(3)15)7(14)8(11,12)13;/h1-2,7,15H,14H2;1H/t7-;/m1./s1. The maximum Gasteiger partial charge on any atom is 0.407 e. The molecule has 1 aromatic rings. The van der Waals surface area contributed by atoms with Gasteiger partial charge in [0.2, 0.25) is 0 Å². The molecule has 3 N–H and O–H groups in total. The summed E-state index contributed by atoms with van der Waals surface area (Å²) in [6.45, 7) is 0. The number of phenols is 1. The highest BCUT2D eigenvalue weighted by atomic mass is 79.9. The minimum atomic E-state index is -4.81. The zero-order valence-electron chi connectivity index (χ0n) is 7.55. The molecule has 0 aliphatic heterocycles. The monoisotopic (exact) mass is 323 g/mol. The summed E-state index contributed by atoms with van der Waals surface area (Å²) in [4.78, 5) is 0. The van der Waals surface area contributed by atoms with Gasteiger partial charge in [0.25, 0.3) is 0 Å². The van der Waals surface area contributed by atoms with Crippen molar-refractivity contribution in [3.63, 3.8) is 0 Å². The van der Waals surface area contributed by atoms with Crippen molar-refractivity contribution in [3.05, 3.63) is 28.0 Å². The van der Waals surface area contributed by atoms with Crippen LogP contribution in [0.25, 0.3) is 0 Å². The fourth-order valence-electron chi connectivity index (χ4n) is 1.02. The average molecular weight is 324 g/mol. The fourth-order valence-corrected chi connectivity index (χ4v) is 1.36. The summed E-state index contributed by atoms with van der Waals surface area (Å²) in [5, 5.41) is 9.25. The Labute approximate surface area is 103 Å². The van der Waals surface area contributed by atoms with Gasteiger partial charge in [-0.25, -0.2) is 4.39 Å². The smallest absolute Gasteiger partial charge is 0.407 e. The molecule has 2 nitrogen and oxygen atoms in total. The molecule has 0 aromatic heterocycles. The molecular weight excluding hydrogens is 317 g/mol. The zero-order chi connectivity index (χ0) is 11.8. The van der Waals surface area contributed by atoms with Crippen molar-refractivity contribution < 1.29 is 22.7 Å². The van der Waals surface area contributed by atoms with Gasteiger partial charge in [-0.05, 0) is 28.1 Å². The number of hydrogen-bond donors (Lipinski definition) is 2. The van der Waals surface area contributed by atoms with Gasteiger partial charge in [-0.15, -0.1) is 12.4 Å². The lowest BCUT2D eigenvalue weighted by atomic mass is 10.1. The van der Waals surface area contributed by atoms with E-state index < -0.39 is 29.3 Å². The van der Waals surface area contributed by atoms with Crippen LogP contribution in [0.3, 0.4) is 0 Å². The van der Waals surface area contributed by atoms with E-state index in [0.29, 0.717) is 0 Å². The normalized spacial score (nSPS) is 13.1. The molecule has 16 heavy (non-hydrogen) atoms. The molecule has 92 valence electrons. The van der Waals surface area contributed by atoms with Gasteiger partial charge in [0.15, 0.2) is 0 Å². The van der Waals surface area contributed by atoms with Gasteiger partial charge < -0.3 is 10.8 Å². The minimum Gasteiger partial charge on any atom is -0.506 e. The predicted molar refractivity (Wildman–Crippen MR) is 56.0 cm³/mol. The molecule has 8 heteroatoms. The summed E-state index contributed by atoms with van der Waals surface area (Å²) >= 11 is 2.78. The van der Waals surface area contributed by atoms with Crippen molar-refractivity contribution >= 4 is 28.3 Å². The second-order valence-corrected chi connectivity index (χ2v) is 3.67. The lowest BCUT2D eigenvalue weighted by Crippen LogP contribution is -2.29. The third kappa shape index (κ3) is 2.99. The highest BCUT2D eigenvalue weighted by Gasteiger charge is 2.41. The number of halogens is 6. The number of benzene rings is 1. The summed E-state index contributed by atoms with van der Waals surface area (Å²) in [5.41, 5.74) is 3.84. The summed E-state index contributed by atoms with van der Waals surface area (Å²) in [7, 11) is 0. The lowest BCUT2D eigenvalue weighted by molar-refractivity contribution is -0.150. The molecule has 1 aromatic carbocycles. The minimum absolute atomic E-state index is 0. The van der Waals surface area contributed by atoms with Gasteiger partial charge in [-0.1, -0.05) is 0 Å². The third-order valence-corrected chi connectivity index (χ3v) is 2.42. The molecule has 0 saturated heterocycles. The van der Waals surface area contributed by atoms with E-state index in [1.807, 2.05) is 0 Å². The van der Waals surface area contributed by atoms with Gasteiger partial charge in [0.1, 0.15) is 17.6 Å². The SMILES string of the molecule is Cl.N[C@H](c1c(F)ccc(Br)c1O)C(F)(F)F. The number of hydrogen-bond acceptors (Lipinski definition) is 2. The van der Waals surface area contributed by atoms with E-state index in [9.17, 15) is 22.7 Å². The van der Waals surface area contributed by atoms with Crippen molar-refractivity contribution in [3.8, 4) is 5.75 Å². The number of rotatable bonds is 1. The molecule has 1 atom stereocenters. The molecule has 0 fully saturated rings. The summed E-state index contributed by atoms with van der Waals surface area (Å²) in [6, 6.07) is -0.655. The highest BCUT2D eigenvalue weighted by molar-refractivity contribution is 9.10. The lowest BCUT2D eigenvalue weighted by Gasteiger charge is -2.18. The Bertz CT molecular complexity index is 385. The molecule has 0 aliphatic carbocycles. The first-order chi connectivity index (χ1) is 6.75. The topological polar surface area (TPSA) is 46.2 Å². The van der Waals surface area contributed by atoms with Crippen molar-refractivity contribution in [1.82, 2.24) is 0 Å². The van der Waals surface area contributed by atoms with Crippen molar-refractivity contribution in [2.45, 2.75) is 12.2 Å². The number of phenolic OH excluding ortho intramolecular Hbond substituents is 1. The first kappa shape index (κ1) is 15.5. The molecule has 1 rings (SSSR count). The third-order valence-electron chi connectivity index (χ3n) is 1.78. The average Bonchev–Trinajstić information content (AvgIpc) is 2.10. The molecule has 0 bridgehead atoms. The second-order valence-electron chi connectivity index (χ2n) is 2.81. The predicted octanol–water partition coefficient (Wildman–Crippen LogP) is 3.28. The molecule has 0 heterocycles. The Kier molecular flexibility index (Phi) is 5.03. The Morgan fingerprint density at radius 3 is 2.25 bits per heavy atom. The molecule has 0 spiro atoms. The van der Waals surface area contributed by atoms with Crippen molar-refractivity contribution in [2.24, 2.45) is 5.73 Å². The summed E-state index contributed by atoms with van der Waals surface area (Å²) in [5.74, 6) is -2.03.